The molecular formula is C20H26N2O5. The van der Waals surface area contributed by atoms with Crippen LogP contribution >= 0.6 is 0 Å². The molecule has 2 atom stereocenters. The summed E-state index contributed by atoms with van der Waals surface area (Å²) in [6.45, 7) is 5.09. The SMILES string of the molecule is CCOc1ccccc1C(=O)N1CCCC1C(=O)N1CCC(C)(C(=O)O)C1. The van der Waals surface area contributed by atoms with Crippen molar-refractivity contribution in [3.8, 4) is 5.75 Å². The van der Waals surface area contributed by atoms with Crippen LogP contribution in [0.5, 0.6) is 5.75 Å². The van der Waals surface area contributed by atoms with Gasteiger partial charge in [0.15, 0.2) is 0 Å². The Kier molecular flexibility index (Phi) is 5.39. The number of rotatable bonds is 5. The molecule has 1 N–H and O–H groups in total. The number of likely N-dealkylation sites (tertiary alicyclic amines) is 2. The fraction of sp³-hybridized carbons (Fsp3) is 0.550. The van der Waals surface area contributed by atoms with Gasteiger partial charge in [-0.2, -0.15) is 0 Å². The smallest absolute Gasteiger partial charge is 0.311 e. The van der Waals surface area contributed by atoms with Crippen molar-refractivity contribution < 1.29 is 24.2 Å². The van der Waals surface area contributed by atoms with Crippen LogP contribution in [-0.2, 0) is 9.59 Å². The second-order valence-electron chi connectivity index (χ2n) is 7.46. The Hall–Kier alpha value is -2.57. The summed E-state index contributed by atoms with van der Waals surface area (Å²) in [7, 11) is 0. The topological polar surface area (TPSA) is 87.2 Å². The highest BCUT2D eigenvalue weighted by atomic mass is 16.5. The molecule has 27 heavy (non-hydrogen) atoms. The number of carboxylic acid groups (broad SMARTS) is 1. The van der Waals surface area contributed by atoms with Crippen molar-refractivity contribution in [1.82, 2.24) is 9.80 Å². The molecule has 0 aromatic heterocycles. The number of ether oxygens (including phenoxy) is 1. The fourth-order valence-corrected chi connectivity index (χ4v) is 3.88. The Morgan fingerprint density at radius 2 is 2.00 bits per heavy atom. The highest BCUT2D eigenvalue weighted by molar-refractivity contribution is 6.00. The standard InChI is InChI=1S/C20H26N2O5/c1-3-27-16-9-5-4-7-14(16)17(23)22-11-6-8-15(22)18(24)21-12-10-20(2,13-21)19(25)26/h4-5,7,9,15H,3,6,8,10-13H2,1-2H3,(H,25,26). The van der Waals surface area contributed by atoms with Gasteiger partial charge in [-0.3, -0.25) is 14.4 Å². The molecule has 2 amide bonds. The molecule has 2 unspecified atom stereocenters. The molecule has 1 aromatic carbocycles. The first-order valence-corrected chi connectivity index (χ1v) is 9.42. The predicted molar refractivity (Wildman–Crippen MR) is 98.6 cm³/mol. The molecule has 0 bridgehead atoms. The number of aliphatic carboxylic acids is 1. The van der Waals surface area contributed by atoms with Crippen molar-refractivity contribution in [2.45, 2.75) is 39.2 Å². The first kappa shape index (κ1) is 19.2. The van der Waals surface area contributed by atoms with Gasteiger partial charge in [0.25, 0.3) is 5.91 Å². The summed E-state index contributed by atoms with van der Waals surface area (Å²) in [6.07, 6.45) is 1.78. The number of benzene rings is 1. The van der Waals surface area contributed by atoms with E-state index in [0.717, 1.165) is 6.42 Å². The van der Waals surface area contributed by atoms with Gasteiger partial charge in [-0.15, -0.1) is 0 Å². The van der Waals surface area contributed by atoms with Gasteiger partial charge < -0.3 is 19.6 Å². The summed E-state index contributed by atoms with van der Waals surface area (Å²) in [5.74, 6) is -0.736. The van der Waals surface area contributed by atoms with Crippen molar-refractivity contribution in [1.29, 1.82) is 0 Å². The number of carbonyl (C=O) groups excluding carboxylic acids is 2. The van der Waals surface area contributed by atoms with Gasteiger partial charge in [0.1, 0.15) is 11.8 Å². The average molecular weight is 374 g/mol. The Balaban J connectivity index is 1.77. The summed E-state index contributed by atoms with van der Waals surface area (Å²) in [5, 5.41) is 9.39. The van der Waals surface area contributed by atoms with Crippen LogP contribution in [0.2, 0.25) is 0 Å². The van der Waals surface area contributed by atoms with E-state index < -0.39 is 17.4 Å². The number of carbonyl (C=O) groups is 3. The molecule has 1 aromatic rings. The Bertz CT molecular complexity index is 750. The summed E-state index contributed by atoms with van der Waals surface area (Å²) in [4.78, 5) is 40.8. The Morgan fingerprint density at radius 1 is 1.26 bits per heavy atom. The molecular weight excluding hydrogens is 348 g/mol. The third-order valence-corrected chi connectivity index (χ3v) is 5.52. The maximum Gasteiger partial charge on any atom is 0.311 e. The largest absolute Gasteiger partial charge is 0.493 e. The van der Waals surface area contributed by atoms with E-state index in [-0.39, 0.29) is 18.4 Å². The maximum atomic E-state index is 13.1. The van der Waals surface area contributed by atoms with Gasteiger partial charge in [0.2, 0.25) is 5.91 Å². The van der Waals surface area contributed by atoms with Crippen LogP contribution in [0.1, 0.15) is 43.5 Å². The van der Waals surface area contributed by atoms with Gasteiger partial charge in [0, 0.05) is 19.6 Å². The molecule has 2 saturated heterocycles. The lowest BCUT2D eigenvalue weighted by Gasteiger charge is -2.29. The van der Waals surface area contributed by atoms with Gasteiger partial charge in [-0.05, 0) is 45.2 Å². The van der Waals surface area contributed by atoms with Crippen LogP contribution in [0.3, 0.4) is 0 Å². The highest BCUT2D eigenvalue weighted by Crippen LogP contribution is 2.33. The van der Waals surface area contributed by atoms with Crippen LogP contribution in [0.4, 0.5) is 0 Å². The normalized spacial score (nSPS) is 24.9. The fourth-order valence-electron chi connectivity index (χ4n) is 3.88. The van der Waals surface area contributed by atoms with Gasteiger partial charge in [-0.1, -0.05) is 12.1 Å². The molecule has 2 heterocycles. The maximum absolute atomic E-state index is 13.1. The van der Waals surface area contributed by atoms with E-state index in [1.165, 1.54) is 0 Å². The highest BCUT2D eigenvalue weighted by Gasteiger charge is 2.45. The lowest BCUT2D eigenvalue weighted by molar-refractivity contribution is -0.147. The monoisotopic (exact) mass is 374 g/mol. The molecule has 3 rings (SSSR count). The Morgan fingerprint density at radius 3 is 2.67 bits per heavy atom. The number of amides is 2. The van der Waals surface area contributed by atoms with Crippen LogP contribution in [0, 0.1) is 5.41 Å². The second-order valence-corrected chi connectivity index (χ2v) is 7.46. The van der Waals surface area contributed by atoms with Crippen molar-refractivity contribution in [2.75, 3.05) is 26.2 Å². The zero-order valence-corrected chi connectivity index (χ0v) is 15.8. The molecule has 146 valence electrons. The summed E-state index contributed by atoms with van der Waals surface area (Å²) in [5.41, 5.74) is -0.458. The van der Waals surface area contributed by atoms with Gasteiger partial charge >= 0.3 is 5.97 Å². The molecule has 2 aliphatic heterocycles. The zero-order valence-electron chi connectivity index (χ0n) is 15.8. The third-order valence-electron chi connectivity index (χ3n) is 5.52. The molecule has 0 spiro atoms. The minimum absolute atomic E-state index is 0.153. The summed E-state index contributed by atoms with van der Waals surface area (Å²) >= 11 is 0. The second kappa shape index (κ2) is 7.58. The summed E-state index contributed by atoms with van der Waals surface area (Å²) < 4.78 is 5.56. The number of carboxylic acids is 1. The van der Waals surface area contributed by atoms with E-state index in [9.17, 15) is 19.5 Å². The molecule has 7 heteroatoms. The first-order valence-electron chi connectivity index (χ1n) is 9.42. The predicted octanol–water partition coefficient (Wildman–Crippen LogP) is 2.01. The van der Waals surface area contributed by atoms with Crippen LogP contribution < -0.4 is 4.74 Å². The van der Waals surface area contributed by atoms with E-state index >= 15 is 0 Å². The minimum Gasteiger partial charge on any atom is -0.493 e. The van der Waals surface area contributed by atoms with Crippen molar-refractivity contribution in [3.05, 3.63) is 29.8 Å². The number of hydrogen-bond donors (Lipinski definition) is 1. The molecule has 7 nitrogen and oxygen atoms in total. The van der Waals surface area contributed by atoms with Crippen LogP contribution in [-0.4, -0.2) is 65.0 Å². The average Bonchev–Trinajstić information content (AvgIpc) is 3.29. The van der Waals surface area contributed by atoms with E-state index in [1.54, 1.807) is 34.9 Å². The lowest BCUT2D eigenvalue weighted by Crippen LogP contribution is -2.48. The molecule has 2 aliphatic rings. The van der Waals surface area contributed by atoms with Crippen molar-refractivity contribution in [3.63, 3.8) is 0 Å². The van der Waals surface area contributed by atoms with E-state index in [4.69, 9.17) is 4.74 Å². The van der Waals surface area contributed by atoms with Gasteiger partial charge in [0.05, 0.1) is 17.6 Å². The number of para-hydroxylation sites is 1. The van der Waals surface area contributed by atoms with E-state index in [1.807, 2.05) is 13.0 Å². The molecule has 0 radical (unpaired) electrons. The quantitative estimate of drug-likeness (QED) is 0.852. The number of hydrogen-bond acceptors (Lipinski definition) is 4. The van der Waals surface area contributed by atoms with Crippen LogP contribution in [0.15, 0.2) is 24.3 Å². The Labute approximate surface area is 158 Å². The lowest BCUT2D eigenvalue weighted by atomic mass is 9.90. The first-order chi connectivity index (χ1) is 12.9. The van der Waals surface area contributed by atoms with E-state index in [0.29, 0.717) is 43.9 Å². The van der Waals surface area contributed by atoms with E-state index in [2.05, 4.69) is 0 Å². The van der Waals surface area contributed by atoms with Crippen molar-refractivity contribution >= 4 is 17.8 Å². The molecule has 2 fully saturated rings. The number of nitrogens with zero attached hydrogens (tertiary/aromatic N) is 2. The van der Waals surface area contributed by atoms with Gasteiger partial charge in [-0.25, -0.2) is 0 Å². The third kappa shape index (κ3) is 3.63. The van der Waals surface area contributed by atoms with Crippen LogP contribution in [0.25, 0.3) is 0 Å². The zero-order chi connectivity index (χ0) is 19.6. The summed E-state index contributed by atoms with van der Waals surface area (Å²) in [6, 6.07) is 6.52. The molecule has 0 saturated carbocycles. The minimum atomic E-state index is -0.912. The molecule has 0 aliphatic carbocycles. The van der Waals surface area contributed by atoms with Crippen molar-refractivity contribution in [2.24, 2.45) is 5.41 Å².